The highest BCUT2D eigenvalue weighted by Gasteiger charge is 2.40. The number of amides is 2. The van der Waals surface area contributed by atoms with Crippen LogP contribution in [0.5, 0.6) is 0 Å². The number of hydrogen-bond acceptors (Lipinski definition) is 4. The first-order chi connectivity index (χ1) is 14.0. The third-order valence-electron chi connectivity index (χ3n) is 7.01. The lowest BCUT2D eigenvalue weighted by molar-refractivity contribution is -0.140. The Bertz CT molecular complexity index is 755. The fraction of sp³-hybridized carbons (Fsp3) is 0.652. The second-order valence-electron chi connectivity index (χ2n) is 9.18. The molecule has 2 atom stereocenters. The van der Waals surface area contributed by atoms with Crippen LogP contribution in [-0.4, -0.2) is 66.4 Å². The molecule has 0 radical (unpaired) electrons. The number of aryl methyl sites for hydroxylation is 1. The second kappa shape index (κ2) is 8.44. The van der Waals surface area contributed by atoms with E-state index < -0.39 is 0 Å². The topological polar surface area (TPSA) is 69.9 Å². The van der Waals surface area contributed by atoms with Crippen molar-refractivity contribution in [2.75, 3.05) is 44.2 Å². The summed E-state index contributed by atoms with van der Waals surface area (Å²) < 4.78 is 0. The predicted octanol–water partition coefficient (Wildman–Crippen LogP) is 2.02. The van der Waals surface area contributed by atoms with Crippen molar-refractivity contribution in [3.63, 3.8) is 0 Å². The number of carbonyl (C=O) groups excluding carboxylic acids is 2. The molecule has 6 heteroatoms. The monoisotopic (exact) mass is 398 g/mol. The van der Waals surface area contributed by atoms with Crippen molar-refractivity contribution >= 4 is 17.5 Å². The van der Waals surface area contributed by atoms with E-state index in [4.69, 9.17) is 5.73 Å². The van der Waals surface area contributed by atoms with E-state index in [1.165, 1.54) is 5.56 Å². The zero-order valence-electron chi connectivity index (χ0n) is 17.6. The largest absolute Gasteiger partial charge is 0.340 e. The van der Waals surface area contributed by atoms with Crippen molar-refractivity contribution in [3.8, 4) is 0 Å². The van der Waals surface area contributed by atoms with E-state index >= 15 is 0 Å². The fourth-order valence-electron chi connectivity index (χ4n) is 5.18. The van der Waals surface area contributed by atoms with Gasteiger partial charge in [-0.15, -0.1) is 0 Å². The van der Waals surface area contributed by atoms with Gasteiger partial charge in [-0.2, -0.15) is 0 Å². The Kier molecular flexibility index (Phi) is 5.93. The molecule has 1 aliphatic carbocycles. The summed E-state index contributed by atoms with van der Waals surface area (Å²) in [6, 6.07) is 8.22. The average Bonchev–Trinajstić information content (AvgIpc) is 2.73. The van der Waals surface area contributed by atoms with Gasteiger partial charge in [-0.3, -0.25) is 14.5 Å². The van der Waals surface area contributed by atoms with Crippen LogP contribution in [0, 0.1) is 5.92 Å². The second-order valence-corrected chi connectivity index (χ2v) is 9.18. The Morgan fingerprint density at radius 2 is 1.83 bits per heavy atom. The minimum atomic E-state index is -0.385. The van der Waals surface area contributed by atoms with E-state index in [1.807, 2.05) is 28.9 Å². The number of hydrogen-bond donors (Lipinski definition) is 1. The molecule has 6 nitrogen and oxygen atoms in total. The number of carbonyl (C=O) groups is 2. The molecular weight excluding hydrogens is 364 g/mol. The Morgan fingerprint density at radius 3 is 2.59 bits per heavy atom. The first kappa shape index (κ1) is 20.4. The molecule has 0 aromatic heterocycles. The summed E-state index contributed by atoms with van der Waals surface area (Å²) in [5, 5.41) is 0. The molecule has 2 fully saturated rings. The maximum atomic E-state index is 13.0. The highest BCUT2D eigenvalue weighted by atomic mass is 16.2. The minimum absolute atomic E-state index is 0.0608. The first-order valence-electron chi connectivity index (χ1n) is 11.1. The normalized spacial score (nSPS) is 28.1. The molecule has 2 heterocycles. The molecule has 0 spiro atoms. The van der Waals surface area contributed by atoms with Crippen LogP contribution in [0.2, 0.25) is 0 Å². The summed E-state index contributed by atoms with van der Waals surface area (Å²) in [6.45, 7) is 6.13. The Morgan fingerprint density at radius 1 is 1.07 bits per heavy atom. The maximum Gasteiger partial charge on any atom is 0.241 e. The fourth-order valence-corrected chi connectivity index (χ4v) is 5.18. The maximum absolute atomic E-state index is 13.0. The van der Waals surface area contributed by atoms with Gasteiger partial charge in [0.1, 0.15) is 0 Å². The van der Waals surface area contributed by atoms with Crippen LogP contribution in [0.1, 0.15) is 44.6 Å². The van der Waals surface area contributed by atoms with Crippen molar-refractivity contribution in [3.05, 3.63) is 29.8 Å². The van der Waals surface area contributed by atoms with Crippen molar-refractivity contribution in [1.82, 2.24) is 9.80 Å². The van der Waals surface area contributed by atoms with Gasteiger partial charge in [-0.1, -0.05) is 31.0 Å². The van der Waals surface area contributed by atoms with E-state index in [0.717, 1.165) is 63.8 Å². The van der Waals surface area contributed by atoms with Crippen LogP contribution in [0.4, 0.5) is 5.69 Å². The number of nitrogens with zero attached hydrogens (tertiary/aromatic N) is 3. The number of nitrogens with two attached hydrogens (primary N) is 1. The van der Waals surface area contributed by atoms with Crippen LogP contribution in [0.25, 0.3) is 0 Å². The van der Waals surface area contributed by atoms with Gasteiger partial charge in [0.2, 0.25) is 11.8 Å². The van der Waals surface area contributed by atoms with Crippen molar-refractivity contribution in [2.24, 2.45) is 11.7 Å². The van der Waals surface area contributed by atoms with E-state index in [1.54, 1.807) is 0 Å². The van der Waals surface area contributed by atoms with Crippen LogP contribution in [-0.2, 0) is 16.0 Å². The summed E-state index contributed by atoms with van der Waals surface area (Å²) in [7, 11) is 0. The third-order valence-corrected chi connectivity index (χ3v) is 7.01. The number of anilines is 1. The molecule has 158 valence electrons. The van der Waals surface area contributed by atoms with Crippen LogP contribution < -0.4 is 10.6 Å². The molecule has 1 saturated heterocycles. The average molecular weight is 399 g/mol. The number of rotatable bonds is 3. The van der Waals surface area contributed by atoms with Gasteiger partial charge in [-0.25, -0.2) is 0 Å². The molecule has 29 heavy (non-hydrogen) atoms. The molecule has 0 bridgehead atoms. The van der Waals surface area contributed by atoms with Crippen molar-refractivity contribution < 1.29 is 9.59 Å². The molecule has 2 N–H and O–H groups in total. The minimum Gasteiger partial charge on any atom is -0.340 e. The molecular formula is C23H34N4O2. The van der Waals surface area contributed by atoms with Gasteiger partial charge in [0.05, 0.1) is 12.5 Å². The third kappa shape index (κ3) is 4.33. The Balaban J connectivity index is 1.31. The van der Waals surface area contributed by atoms with Crippen molar-refractivity contribution in [1.29, 1.82) is 0 Å². The van der Waals surface area contributed by atoms with Crippen LogP contribution >= 0.6 is 0 Å². The molecule has 1 aromatic rings. The lowest BCUT2D eigenvalue weighted by atomic mass is 9.74. The zero-order valence-corrected chi connectivity index (χ0v) is 17.6. The number of para-hydroxylation sites is 1. The first-order valence-corrected chi connectivity index (χ1v) is 11.1. The van der Waals surface area contributed by atoms with Crippen LogP contribution in [0.15, 0.2) is 24.3 Å². The number of fused-ring (bicyclic) bond motifs is 1. The van der Waals surface area contributed by atoms with Crippen LogP contribution in [0.3, 0.4) is 0 Å². The standard InChI is InChI=1S/C23H34N4O2/c1-23(24)11-5-4-9-19(23)22(29)26-15-13-25(14-16-26)17-21(28)27-12-6-8-18-7-2-3-10-20(18)27/h2-3,7,10,19H,4-6,8-9,11-17,24H2,1H3. The molecule has 4 rings (SSSR count). The quantitative estimate of drug-likeness (QED) is 0.846. The summed E-state index contributed by atoms with van der Waals surface area (Å²) in [4.78, 5) is 32.1. The highest BCUT2D eigenvalue weighted by molar-refractivity contribution is 5.96. The Hall–Kier alpha value is -1.92. The van der Waals surface area contributed by atoms with Gasteiger partial charge in [-0.05, 0) is 44.2 Å². The lowest BCUT2D eigenvalue weighted by Gasteiger charge is -2.42. The molecule has 3 aliphatic rings. The number of benzene rings is 1. The van der Waals surface area contributed by atoms with Gasteiger partial charge < -0.3 is 15.5 Å². The Labute approximate surface area is 174 Å². The van der Waals surface area contributed by atoms with E-state index in [2.05, 4.69) is 17.0 Å². The van der Waals surface area contributed by atoms with Gasteiger partial charge in [0.15, 0.2) is 0 Å². The molecule has 2 aliphatic heterocycles. The van der Waals surface area contributed by atoms with E-state index in [9.17, 15) is 9.59 Å². The number of piperazine rings is 1. The van der Waals surface area contributed by atoms with E-state index in [0.29, 0.717) is 19.6 Å². The van der Waals surface area contributed by atoms with E-state index in [-0.39, 0.29) is 23.3 Å². The van der Waals surface area contributed by atoms with Gasteiger partial charge >= 0.3 is 0 Å². The molecule has 1 aromatic carbocycles. The lowest BCUT2D eigenvalue weighted by Crippen LogP contribution is -2.58. The van der Waals surface area contributed by atoms with Gasteiger partial charge in [0, 0.05) is 44.0 Å². The van der Waals surface area contributed by atoms with Gasteiger partial charge in [0.25, 0.3) is 0 Å². The zero-order chi connectivity index (χ0) is 20.4. The van der Waals surface area contributed by atoms with Crippen molar-refractivity contribution in [2.45, 2.75) is 51.0 Å². The summed E-state index contributed by atoms with van der Waals surface area (Å²) in [5.41, 5.74) is 8.38. The highest BCUT2D eigenvalue weighted by Crippen LogP contribution is 2.33. The smallest absolute Gasteiger partial charge is 0.241 e. The molecule has 1 saturated carbocycles. The SMILES string of the molecule is CC1(N)CCCCC1C(=O)N1CCN(CC(=O)N2CCCc3ccccc32)CC1. The summed E-state index contributed by atoms with van der Waals surface area (Å²) >= 11 is 0. The summed E-state index contributed by atoms with van der Waals surface area (Å²) in [6.07, 6.45) is 6.10. The molecule has 2 unspecified atom stereocenters. The predicted molar refractivity (Wildman–Crippen MR) is 115 cm³/mol. The summed E-state index contributed by atoms with van der Waals surface area (Å²) in [5.74, 6) is 0.318. The molecule has 2 amide bonds.